The van der Waals surface area contributed by atoms with Crippen molar-refractivity contribution in [1.82, 2.24) is 30.6 Å². The molecule has 1 aromatic carbocycles. The minimum Gasteiger partial charge on any atom is -0.444 e. The van der Waals surface area contributed by atoms with E-state index in [2.05, 4.69) is 20.8 Å². The van der Waals surface area contributed by atoms with Gasteiger partial charge in [0.05, 0.1) is 19.2 Å². The predicted octanol–water partition coefficient (Wildman–Crippen LogP) is 1.32. The molecule has 1 aliphatic heterocycles. The van der Waals surface area contributed by atoms with Crippen LogP contribution in [0.2, 0.25) is 0 Å². The van der Waals surface area contributed by atoms with Crippen molar-refractivity contribution < 1.29 is 19.2 Å². The molecule has 29 heavy (non-hydrogen) atoms. The van der Waals surface area contributed by atoms with E-state index in [9.17, 15) is 9.59 Å². The van der Waals surface area contributed by atoms with Gasteiger partial charge in [-0.2, -0.15) is 0 Å². The number of nitrogens with one attached hydrogen (secondary N) is 1. The Kier molecular flexibility index (Phi) is 6.12. The van der Waals surface area contributed by atoms with Crippen LogP contribution in [0.1, 0.15) is 39.1 Å². The zero-order valence-electron chi connectivity index (χ0n) is 17.0. The van der Waals surface area contributed by atoms with E-state index in [1.165, 1.54) is 5.06 Å². The number of nitrogens with zero attached hydrogens (tertiary/aromatic N) is 5. The number of alkyl carbamates (subject to hydrolysis) is 1. The van der Waals surface area contributed by atoms with Gasteiger partial charge in [-0.15, -0.1) is 5.10 Å². The molecule has 10 nitrogen and oxygen atoms in total. The maximum Gasteiger partial charge on any atom is 0.408 e. The van der Waals surface area contributed by atoms with Crippen LogP contribution in [-0.4, -0.2) is 61.6 Å². The van der Waals surface area contributed by atoms with Gasteiger partial charge in [0.25, 0.3) is 5.91 Å². The van der Waals surface area contributed by atoms with Crippen LogP contribution in [0.3, 0.4) is 0 Å². The average molecular weight is 402 g/mol. The molecule has 1 fully saturated rings. The SMILES string of the molecule is C[C@H]1[C@H](NC(=O)OC(C)(C)C)C(=O)N1OCCc1nnnn1Cc1ccccc1. The molecule has 2 atom stereocenters. The van der Waals surface area contributed by atoms with Gasteiger partial charge in [0.1, 0.15) is 11.6 Å². The zero-order valence-corrected chi connectivity index (χ0v) is 17.0. The van der Waals surface area contributed by atoms with Crippen molar-refractivity contribution in [3.05, 3.63) is 41.7 Å². The topological polar surface area (TPSA) is 111 Å². The Morgan fingerprint density at radius 2 is 1.97 bits per heavy atom. The number of carbonyl (C=O) groups excluding carboxylic acids is 2. The minimum absolute atomic E-state index is 0.240. The monoisotopic (exact) mass is 402 g/mol. The predicted molar refractivity (Wildman–Crippen MR) is 102 cm³/mol. The lowest BCUT2D eigenvalue weighted by molar-refractivity contribution is -0.231. The van der Waals surface area contributed by atoms with E-state index in [1.54, 1.807) is 32.4 Å². The van der Waals surface area contributed by atoms with Crippen LogP contribution in [0.5, 0.6) is 0 Å². The molecule has 0 saturated carbocycles. The fourth-order valence-electron chi connectivity index (χ4n) is 2.91. The fraction of sp³-hybridized carbons (Fsp3) is 0.526. The summed E-state index contributed by atoms with van der Waals surface area (Å²) in [6.07, 6.45) is -0.178. The first-order valence-corrected chi connectivity index (χ1v) is 9.49. The zero-order chi connectivity index (χ0) is 21.0. The molecule has 0 aliphatic carbocycles. The van der Waals surface area contributed by atoms with E-state index in [4.69, 9.17) is 9.57 Å². The Hall–Kier alpha value is -3.01. The Morgan fingerprint density at radius 1 is 1.24 bits per heavy atom. The van der Waals surface area contributed by atoms with Gasteiger partial charge in [0.15, 0.2) is 5.82 Å². The summed E-state index contributed by atoms with van der Waals surface area (Å²) in [7, 11) is 0. The van der Waals surface area contributed by atoms with Crippen LogP contribution in [0.25, 0.3) is 0 Å². The Labute approximate surface area is 169 Å². The number of β-lactam (4-membered cyclic amide) rings is 1. The molecule has 0 spiro atoms. The van der Waals surface area contributed by atoms with Crippen molar-refractivity contribution in [3.8, 4) is 0 Å². The summed E-state index contributed by atoms with van der Waals surface area (Å²) in [4.78, 5) is 29.7. The third-order valence-corrected chi connectivity index (χ3v) is 4.35. The highest BCUT2D eigenvalue weighted by molar-refractivity contribution is 5.91. The van der Waals surface area contributed by atoms with Gasteiger partial charge < -0.3 is 10.1 Å². The molecular weight excluding hydrogens is 376 g/mol. The molecule has 156 valence electrons. The van der Waals surface area contributed by atoms with Gasteiger partial charge in [0, 0.05) is 6.42 Å². The van der Waals surface area contributed by atoms with Crippen molar-refractivity contribution in [2.24, 2.45) is 0 Å². The molecular formula is C19H26N6O4. The normalized spacial score (nSPS) is 19.0. The molecule has 10 heteroatoms. The molecule has 2 heterocycles. The van der Waals surface area contributed by atoms with Crippen LogP contribution in [-0.2, 0) is 27.3 Å². The summed E-state index contributed by atoms with van der Waals surface area (Å²) in [6, 6.07) is 8.92. The van der Waals surface area contributed by atoms with E-state index in [1.807, 2.05) is 30.3 Å². The third-order valence-electron chi connectivity index (χ3n) is 4.35. The number of amides is 2. The molecule has 2 amide bonds. The number of rotatable bonds is 7. The average Bonchev–Trinajstić information content (AvgIpc) is 3.09. The molecule has 0 radical (unpaired) electrons. The number of hydrogen-bond donors (Lipinski definition) is 1. The van der Waals surface area contributed by atoms with Crippen LogP contribution >= 0.6 is 0 Å². The van der Waals surface area contributed by atoms with E-state index in [0.29, 0.717) is 18.8 Å². The highest BCUT2D eigenvalue weighted by Gasteiger charge is 2.47. The molecule has 1 saturated heterocycles. The second-order valence-electron chi connectivity index (χ2n) is 7.85. The second-order valence-corrected chi connectivity index (χ2v) is 7.85. The van der Waals surface area contributed by atoms with Crippen molar-refractivity contribution in [2.75, 3.05) is 6.61 Å². The van der Waals surface area contributed by atoms with Gasteiger partial charge in [-0.1, -0.05) is 30.3 Å². The number of benzene rings is 1. The number of ether oxygens (including phenoxy) is 1. The van der Waals surface area contributed by atoms with Gasteiger partial charge in [-0.05, 0) is 43.7 Å². The van der Waals surface area contributed by atoms with E-state index < -0.39 is 17.7 Å². The van der Waals surface area contributed by atoms with Crippen LogP contribution in [0, 0.1) is 0 Å². The minimum atomic E-state index is -0.659. The third kappa shape index (κ3) is 5.29. The summed E-state index contributed by atoms with van der Waals surface area (Å²) < 4.78 is 6.88. The van der Waals surface area contributed by atoms with Crippen molar-refractivity contribution in [1.29, 1.82) is 0 Å². The fourth-order valence-corrected chi connectivity index (χ4v) is 2.91. The molecule has 0 bridgehead atoms. The van der Waals surface area contributed by atoms with E-state index >= 15 is 0 Å². The molecule has 1 N–H and O–H groups in total. The van der Waals surface area contributed by atoms with Crippen molar-refractivity contribution in [3.63, 3.8) is 0 Å². The lowest BCUT2D eigenvalue weighted by Crippen LogP contribution is -2.69. The Bertz CT molecular complexity index is 848. The standard InChI is InChI=1S/C19H26N6O4/c1-13-16(20-18(27)29-19(2,3)4)17(26)25(13)28-11-10-15-21-22-23-24(15)12-14-8-6-5-7-9-14/h5-9,13,16H,10-12H2,1-4H3,(H,20,27)/t13-,16-/m0/s1. The highest BCUT2D eigenvalue weighted by atomic mass is 16.7. The maximum atomic E-state index is 12.3. The summed E-state index contributed by atoms with van der Waals surface area (Å²) in [5.41, 5.74) is 0.463. The van der Waals surface area contributed by atoms with Crippen molar-refractivity contribution >= 4 is 12.0 Å². The number of carbonyl (C=O) groups is 2. The van der Waals surface area contributed by atoms with Crippen molar-refractivity contribution in [2.45, 2.75) is 58.3 Å². The highest BCUT2D eigenvalue weighted by Crippen LogP contribution is 2.21. The van der Waals surface area contributed by atoms with E-state index in [-0.39, 0.29) is 18.6 Å². The lowest BCUT2D eigenvalue weighted by Gasteiger charge is -2.43. The number of aromatic nitrogens is 4. The second kappa shape index (κ2) is 8.56. The van der Waals surface area contributed by atoms with Gasteiger partial charge in [0.2, 0.25) is 0 Å². The number of tetrazole rings is 1. The molecule has 0 unspecified atom stereocenters. The van der Waals surface area contributed by atoms with Crippen LogP contribution in [0.15, 0.2) is 30.3 Å². The Balaban J connectivity index is 1.46. The van der Waals surface area contributed by atoms with Gasteiger partial charge in [-0.25, -0.2) is 14.5 Å². The summed E-state index contributed by atoms with van der Waals surface area (Å²) >= 11 is 0. The first-order chi connectivity index (χ1) is 13.7. The first-order valence-electron chi connectivity index (χ1n) is 9.49. The molecule has 1 aliphatic rings. The smallest absolute Gasteiger partial charge is 0.408 e. The largest absolute Gasteiger partial charge is 0.444 e. The Morgan fingerprint density at radius 3 is 2.62 bits per heavy atom. The summed E-state index contributed by atoms with van der Waals surface area (Å²) in [5, 5.41) is 15.6. The van der Waals surface area contributed by atoms with Crippen LogP contribution < -0.4 is 5.32 Å². The lowest BCUT2D eigenvalue weighted by atomic mass is 10.0. The number of hydroxylamine groups is 2. The summed E-state index contributed by atoms with van der Waals surface area (Å²) in [5.74, 6) is 0.352. The summed E-state index contributed by atoms with van der Waals surface area (Å²) in [6.45, 7) is 7.88. The number of hydrogen-bond acceptors (Lipinski definition) is 7. The van der Waals surface area contributed by atoms with Gasteiger partial charge in [-0.3, -0.25) is 9.63 Å². The van der Waals surface area contributed by atoms with Crippen LogP contribution in [0.4, 0.5) is 4.79 Å². The maximum absolute atomic E-state index is 12.3. The quantitative estimate of drug-likeness (QED) is 0.695. The first kappa shape index (κ1) is 20.7. The molecule has 2 aromatic rings. The molecule has 3 rings (SSSR count). The van der Waals surface area contributed by atoms with E-state index in [0.717, 1.165) is 5.56 Å². The molecule has 1 aromatic heterocycles. The van der Waals surface area contributed by atoms with Gasteiger partial charge >= 0.3 is 6.09 Å².